The molecule has 6 nitrogen and oxygen atoms in total. The molecule has 114 valence electrons. The van der Waals surface area contributed by atoms with E-state index in [2.05, 4.69) is 20.7 Å². The number of rotatable bonds is 3. The molecule has 2 aromatic heterocycles. The first-order valence-electron chi connectivity index (χ1n) is 6.96. The van der Waals surface area contributed by atoms with Crippen LogP contribution in [-0.2, 0) is 0 Å². The zero-order chi connectivity index (χ0) is 15.8. The van der Waals surface area contributed by atoms with Crippen molar-refractivity contribution >= 4 is 33.1 Å². The van der Waals surface area contributed by atoms with Crippen molar-refractivity contribution in [2.75, 3.05) is 11.2 Å². The van der Waals surface area contributed by atoms with E-state index >= 15 is 0 Å². The summed E-state index contributed by atoms with van der Waals surface area (Å²) < 4.78 is 1.11. The van der Waals surface area contributed by atoms with E-state index in [0.29, 0.717) is 11.5 Å². The zero-order valence-electron chi connectivity index (χ0n) is 11.9. The summed E-state index contributed by atoms with van der Waals surface area (Å²) in [6.07, 6.45) is 0. The summed E-state index contributed by atoms with van der Waals surface area (Å²) >= 11 is 1.58. The Bertz CT molecular complexity index is 941. The molecule has 2 aromatic carbocycles. The topological polar surface area (TPSA) is 99.9 Å². The summed E-state index contributed by atoms with van der Waals surface area (Å²) in [5, 5.41) is 16.9. The van der Waals surface area contributed by atoms with E-state index in [9.17, 15) is 0 Å². The molecule has 4 aromatic rings. The summed E-state index contributed by atoms with van der Waals surface area (Å²) in [5.74, 6) is 0.489. The number of nitrogens with two attached hydrogens (primary N) is 1. The first-order chi connectivity index (χ1) is 11.3. The molecule has 0 aliphatic heterocycles. The fraction of sp³-hybridized carbons (Fsp3) is 0. The molecule has 0 radical (unpaired) electrons. The highest BCUT2D eigenvalue weighted by Gasteiger charge is 2.18. The first-order valence-corrected chi connectivity index (χ1v) is 7.78. The van der Waals surface area contributed by atoms with Gasteiger partial charge in [0.25, 0.3) is 0 Å². The number of hydrogen-bond donors (Lipinski definition) is 4. The molecule has 0 amide bonds. The van der Waals surface area contributed by atoms with E-state index in [1.165, 1.54) is 0 Å². The van der Waals surface area contributed by atoms with Gasteiger partial charge in [0.1, 0.15) is 16.5 Å². The molecular weight excluding hydrogens is 310 g/mol. The third-order valence-corrected chi connectivity index (χ3v) is 4.64. The summed E-state index contributed by atoms with van der Waals surface area (Å²) in [6.45, 7) is 0. The summed E-state index contributed by atoms with van der Waals surface area (Å²) in [4.78, 5) is 4.66. The highest BCUT2D eigenvalue weighted by Crippen LogP contribution is 2.38. The van der Waals surface area contributed by atoms with Gasteiger partial charge in [-0.15, -0.1) is 11.3 Å². The van der Waals surface area contributed by atoms with Crippen LogP contribution in [0.15, 0.2) is 48.5 Å². The molecule has 0 bridgehead atoms. The van der Waals surface area contributed by atoms with E-state index in [-0.39, 0.29) is 0 Å². The van der Waals surface area contributed by atoms with Crippen LogP contribution in [0.25, 0.3) is 32.0 Å². The second kappa shape index (κ2) is 5.38. The Morgan fingerprint density at radius 3 is 2.61 bits per heavy atom. The molecule has 0 saturated heterocycles. The average Bonchev–Trinajstić information content (AvgIpc) is 3.17. The SMILES string of the molecule is Nc1[nH]nc(-c2ccc(NO)cc2)c1-c1nc2ccccc2s1. The smallest absolute Gasteiger partial charge is 0.130 e. The first kappa shape index (κ1) is 13.7. The number of aromatic nitrogens is 3. The van der Waals surface area contributed by atoms with Crippen LogP contribution in [0.1, 0.15) is 0 Å². The van der Waals surface area contributed by atoms with Crippen molar-refractivity contribution in [3.8, 4) is 21.8 Å². The summed E-state index contributed by atoms with van der Waals surface area (Å²) in [5.41, 5.74) is 12.2. The second-order valence-electron chi connectivity index (χ2n) is 5.04. The zero-order valence-corrected chi connectivity index (χ0v) is 12.8. The van der Waals surface area contributed by atoms with Gasteiger partial charge in [-0.25, -0.2) is 4.98 Å². The number of fused-ring (bicyclic) bond motifs is 1. The number of nitrogens with zero attached hydrogens (tertiary/aromatic N) is 2. The standard InChI is InChI=1S/C16H13N5OS/c17-15-13(16-18-11-3-1-2-4-12(11)23-16)14(19-20-15)9-5-7-10(21-22)8-6-9/h1-8,21-22H,(H3,17,19,20). The minimum Gasteiger partial charge on any atom is -0.383 e. The Balaban J connectivity index is 1.86. The Hall–Kier alpha value is -2.90. The van der Waals surface area contributed by atoms with Gasteiger partial charge in [-0.05, 0) is 24.3 Å². The average molecular weight is 323 g/mol. The number of benzene rings is 2. The lowest BCUT2D eigenvalue weighted by Crippen LogP contribution is -1.90. The molecule has 7 heteroatoms. The third-order valence-electron chi connectivity index (χ3n) is 3.59. The number of anilines is 2. The van der Waals surface area contributed by atoms with Gasteiger partial charge in [-0.2, -0.15) is 5.10 Å². The Kier molecular flexibility index (Phi) is 3.22. The van der Waals surface area contributed by atoms with Crippen LogP contribution in [0.2, 0.25) is 0 Å². The maximum absolute atomic E-state index is 8.92. The fourth-order valence-electron chi connectivity index (χ4n) is 2.46. The van der Waals surface area contributed by atoms with E-state index in [4.69, 9.17) is 10.9 Å². The molecular formula is C16H13N5OS. The van der Waals surface area contributed by atoms with Crippen molar-refractivity contribution in [1.29, 1.82) is 0 Å². The van der Waals surface area contributed by atoms with E-state index < -0.39 is 0 Å². The summed E-state index contributed by atoms with van der Waals surface area (Å²) in [6, 6.07) is 15.2. The van der Waals surface area contributed by atoms with E-state index in [1.54, 1.807) is 23.5 Å². The van der Waals surface area contributed by atoms with Crippen LogP contribution in [0.3, 0.4) is 0 Å². The van der Waals surface area contributed by atoms with Gasteiger partial charge in [-0.3, -0.25) is 15.8 Å². The fourth-order valence-corrected chi connectivity index (χ4v) is 3.49. The number of nitrogen functional groups attached to an aromatic ring is 1. The monoisotopic (exact) mass is 323 g/mol. The molecule has 0 aliphatic rings. The van der Waals surface area contributed by atoms with Crippen molar-refractivity contribution in [3.63, 3.8) is 0 Å². The molecule has 0 unspecified atom stereocenters. The van der Waals surface area contributed by atoms with Gasteiger partial charge in [0.2, 0.25) is 0 Å². The van der Waals surface area contributed by atoms with E-state index in [1.807, 2.05) is 36.4 Å². The lowest BCUT2D eigenvalue weighted by Gasteiger charge is -2.03. The van der Waals surface area contributed by atoms with E-state index in [0.717, 1.165) is 32.0 Å². The number of nitrogens with one attached hydrogen (secondary N) is 2. The maximum atomic E-state index is 8.92. The predicted octanol–water partition coefficient (Wildman–Crippen LogP) is 3.74. The Morgan fingerprint density at radius 1 is 1.09 bits per heavy atom. The van der Waals surface area contributed by atoms with Crippen LogP contribution in [0.5, 0.6) is 0 Å². The Morgan fingerprint density at radius 2 is 1.87 bits per heavy atom. The third kappa shape index (κ3) is 2.32. The normalized spacial score (nSPS) is 11.0. The van der Waals surface area contributed by atoms with Crippen LogP contribution >= 0.6 is 11.3 Å². The largest absolute Gasteiger partial charge is 0.383 e. The van der Waals surface area contributed by atoms with Gasteiger partial charge in [0, 0.05) is 5.56 Å². The molecule has 23 heavy (non-hydrogen) atoms. The number of aromatic amines is 1. The van der Waals surface area contributed by atoms with Gasteiger partial charge in [0.15, 0.2) is 0 Å². The molecule has 2 heterocycles. The number of thiazole rings is 1. The summed E-state index contributed by atoms with van der Waals surface area (Å²) in [7, 11) is 0. The van der Waals surface area contributed by atoms with Crippen LogP contribution in [0, 0.1) is 0 Å². The Labute approximate surface area is 135 Å². The molecule has 0 fully saturated rings. The molecule has 4 rings (SSSR count). The highest BCUT2D eigenvalue weighted by molar-refractivity contribution is 7.21. The van der Waals surface area contributed by atoms with Crippen LogP contribution in [-0.4, -0.2) is 20.4 Å². The van der Waals surface area contributed by atoms with Crippen molar-refractivity contribution < 1.29 is 5.21 Å². The molecule has 5 N–H and O–H groups in total. The minimum atomic E-state index is 0.489. The van der Waals surface area contributed by atoms with Crippen LogP contribution in [0.4, 0.5) is 11.5 Å². The quantitative estimate of drug-likeness (QED) is 0.430. The predicted molar refractivity (Wildman–Crippen MR) is 92.5 cm³/mol. The minimum absolute atomic E-state index is 0.489. The van der Waals surface area contributed by atoms with Crippen LogP contribution < -0.4 is 11.2 Å². The van der Waals surface area contributed by atoms with Gasteiger partial charge < -0.3 is 5.73 Å². The lowest BCUT2D eigenvalue weighted by atomic mass is 10.1. The lowest BCUT2D eigenvalue weighted by molar-refractivity contribution is 0.389. The molecule has 0 spiro atoms. The van der Waals surface area contributed by atoms with Crippen molar-refractivity contribution in [2.45, 2.75) is 0 Å². The van der Waals surface area contributed by atoms with Gasteiger partial charge >= 0.3 is 0 Å². The number of H-pyrrole nitrogens is 1. The maximum Gasteiger partial charge on any atom is 0.130 e. The molecule has 0 saturated carbocycles. The van der Waals surface area contributed by atoms with Crippen molar-refractivity contribution in [2.24, 2.45) is 0 Å². The van der Waals surface area contributed by atoms with Crippen molar-refractivity contribution in [3.05, 3.63) is 48.5 Å². The number of para-hydroxylation sites is 1. The van der Waals surface area contributed by atoms with Gasteiger partial charge in [-0.1, -0.05) is 24.3 Å². The molecule has 0 atom stereocenters. The highest BCUT2D eigenvalue weighted by atomic mass is 32.1. The number of hydrogen-bond acceptors (Lipinski definition) is 6. The second-order valence-corrected chi connectivity index (χ2v) is 6.07. The van der Waals surface area contributed by atoms with Crippen molar-refractivity contribution in [1.82, 2.24) is 15.2 Å². The van der Waals surface area contributed by atoms with Gasteiger partial charge in [0.05, 0.1) is 21.5 Å². The molecule has 0 aliphatic carbocycles.